The lowest BCUT2D eigenvalue weighted by molar-refractivity contribution is 0.102. The van der Waals surface area contributed by atoms with E-state index in [1.807, 2.05) is 6.92 Å². The van der Waals surface area contributed by atoms with Crippen molar-refractivity contribution in [2.24, 2.45) is 0 Å². The Morgan fingerprint density at radius 2 is 2.00 bits per heavy atom. The second-order valence-electron chi connectivity index (χ2n) is 5.28. The number of nitrogens with one attached hydrogen (secondary N) is 1. The van der Waals surface area contributed by atoms with E-state index in [4.69, 9.17) is 16.3 Å². The molecule has 2 aromatic heterocycles. The molecule has 0 unspecified atom stereocenters. The summed E-state index contributed by atoms with van der Waals surface area (Å²) in [7, 11) is 1.58. The number of ether oxygens (including phenoxy) is 1. The van der Waals surface area contributed by atoms with Gasteiger partial charge in [-0.2, -0.15) is 0 Å². The van der Waals surface area contributed by atoms with Crippen molar-refractivity contribution in [2.45, 2.75) is 6.92 Å². The van der Waals surface area contributed by atoms with Crippen LogP contribution < -0.4 is 10.1 Å². The largest absolute Gasteiger partial charge is 0.497 e. The number of carbonyl (C=O) groups excluding carboxylic acids is 1. The summed E-state index contributed by atoms with van der Waals surface area (Å²) in [6, 6.07) is 7.06. The van der Waals surface area contributed by atoms with Crippen LogP contribution in [-0.2, 0) is 0 Å². The van der Waals surface area contributed by atoms with Crippen molar-refractivity contribution in [3.8, 4) is 17.0 Å². The van der Waals surface area contributed by atoms with Crippen LogP contribution in [0.5, 0.6) is 5.75 Å². The molecule has 0 atom stereocenters. The van der Waals surface area contributed by atoms with Gasteiger partial charge in [0, 0.05) is 18.0 Å². The Balaban J connectivity index is 1.81. The molecule has 0 radical (unpaired) electrons. The molecule has 0 saturated carbocycles. The Morgan fingerprint density at radius 1 is 1.16 bits per heavy atom. The second-order valence-corrected chi connectivity index (χ2v) is 5.68. The van der Waals surface area contributed by atoms with E-state index in [-0.39, 0.29) is 5.91 Å². The summed E-state index contributed by atoms with van der Waals surface area (Å²) < 4.78 is 5.20. The zero-order valence-electron chi connectivity index (χ0n) is 13.7. The molecule has 0 fully saturated rings. The molecule has 0 spiro atoms. The maximum Gasteiger partial charge on any atom is 0.258 e. The molecule has 3 rings (SSSR count). The molecule has 1 amide bonds. The highest BCUT2D eigenvalue weighted by Gasteiger charge is 2.11. The van der Waals surface area contributed by atoms with Crippen LogP contribution in [-0.4, -0.2) is 28.0 Å². The van der Waals surface area contributed by atoms with Gasteiger partial charge in [0.05, 0.1) is 35.8 Å². The molecule has 126 valence electrons. The van der Waals surface area contributed by atoms with Crippen LogP contribution in [0, 0.1) is 6.92 Å². The Bertz CT molecular complexity index is 913. The van der Waals surface area contributed by atoms with Gasteiger partial charge in [0.15, 0.2) is 5.82 Å². The van der Waals surface area contributed by atoms with Gasteiger partial charge in [0.2, 0.25) is 0 Å². The van der Waals surface area contributed by atoms with Crippen LogP contribution in [0.3, 0.4) is 0 Å². The van der Waals surface area contributed by atoms with E-state index in [0.29, 0.717) is 33.4 Å². The first-order valence-corrected chi connectivity index (χ1v) is 7.84. The third-order valence-corrected chi connectivity index (χ3v) is 3.96. The lowest BCUT2D eigenvalue weighted by Crippen LogP contribution is -2.14. The van der Waals surface area contributed by atoms with Crippen LogP contribution in [0.4, 0.5) is 5.82 Å². The third-order valence-electron chi connectivity index (χ3n) is 3.63. The number of carbonyl (C=O) groups is 1. The summed E-state index contributed by atoms with van der Waals surface area (Å²) >= 11 is 6.21. The molecule has 2 heterocycles. The van der Waals surface area contributed by atoms with Gasteiger partial charge in [-0.15, -0.1) is 0 Å². The maximum atomic E-state index is 12.3. The van der Waals surface area contributed by atoms with Gasteiger partial charge in [-0.05, 0) is 36.8 Å². The predicted octanol–water partition coefficient (Wildman–Crippen LogP) is 3.76. The monoisotopic (exact) mass is 354 g/mol. The molecule has 25 heavy (non-hydrogen) atoms. The fraction of sp³-hybridized carbons (Fsp3) is 0.111. The van der Waals surface area contributed by atoms with Crippen molar-refractivity contribution >= 4 is 23.3 Å². The van der Waals surface area contributed by atoms with Crippen molar-refractivity contribution in [2.75, 3.05) is 12.4 Å². The second kappa shape index (κ2) is 7.27. The number of halogens is 1. The lowest BCUT2D eigenvalue weighted by Gasteiger charge is -2.08. The Morgan fingerprint density at radius 3 is 2.68 bits per heavy atom. The Labute approximate surface area is 149 Å². The normalized spacial score (nSPS) is 10.4. The smallest absolute Gasteiger partial charge is 0.258 e. The minimum Gasteiger partial charge on any atom is -0.497 e. The van der Waals surface area contributed by atoms with Crippen molar-refractivity contribution in [1.29, 1.82) is 0 Å². The summed E-state index contributed by atoms with van der Waals surface area (Å²) in [5, 5.41) is 3.24. The van der Waals surface area contributed by atoms with E-state index in [1.165, 1.54) is 12.4 Å². The minimum atomic E-state index is -0.285. The van der Waals surface area contributed by atoms with Crippen LogP contribution in [0.25, 0.3) is 11.3 Å². The highest BCUT2D eigenvalue weighted by molar-refractivity contribution is 6.33. The standard InChI is InChI=1S/C18H15ClN4O2/c1-11-5-6-20-8-14(11)18(24)23-17-10-21-16(9-22-17)13-7-12(25-2)3-4-15(13)19/h3-10H,1-2H3,(H,22,23,24). The molecule has 1 aromatic carbocycles. The number of methoxy groups -OCH3 is 1. The highest BCUT2D eigenvalue weighted by Crippen LogP contribution is 2.30. The molecule has 0 saturated heterocycles. The number of benzene rings is 1. The SMILES string of the molecule is COc1ccc(Cl)c(-c2cnc(NC(=O)c3cnccc3C)cn2)c1. The number of aromatic nitrogens is 3. The topological polar surface area (TPSA) is 77.0 Å². The fourth-order valence-corrected chi connectivity index (χ4v) is 2.46. The van der Waals surface area contributed by atoms with Crippen molar-refractivity contribution in [3.05, 3.63) is 65.2 Å². The van der Waals surface area contributed by atoms with E-state index in [1.54, 1.807) is 43.8 Å². The molecule has 3 aromatic rings. The number of amides is 1. The minimum absolute atomic E-state index is 0.285. The number of anilines is 1. The van der Waals surface area contributed by atoms with E-state index in [9.17, 15) is 4.79 Å². The van der Waals surface area contributed by atoms with Gasteiger partial charge in [0.1, 0.15) is 5.75 Å². The first kappa shape index (κ1) is 16.9. The average Bonchev–Trinajstić information content (AvgIpc) is 2.63. The number of hydrogen-bond acceptors (Lipinski definition) is 5. The molecular formula is C18H15ClN4O2. The van der Waals surface area contributed by atoms with Gasteiger partial charge in [-0.3, -0.25) is 14.8 Å². The number of aryl methyl sites for hydroxylation is 1. The van der Waals surface area contributed by atoms with E-state index >= 15 is 0 Å². The van der Waals surface area contributed by atoms with Gasteiger partial charge < -0.3 is 10.1 Å². The Hall–Kier alpha value is -2.99. The van der Waals surface area contributed by atoms with Gasteiger partial charge >= 0.3 is 0 Å². The van der Waals surface area contributed by atoms with Crippen LogP contribution in [0.1, 0.15) is 15.9 Å². The molecule has 0 aliphatic heterocycles. The number of rotatable bonds is 4. The third kappa shape index (κ3) is 3.75. The number of pyridine rings is 1. The quantitative estimate of drug-likeness (QED) is 0.771. The van der Waals surface area contributed by atoms with Crippen LogP contribution in [0.2, 0.25) is 5.02 Å². The summed E-state index contributed by atoms with van der Waals surface area (Å²) in [5.74, 6) is 0.730. The van der Waals surface area contributed by atoms with E-state index in [2.05, 4.69) is 20.3 Å². The predicted molar refractivity (Wildman–Crippen MR) is 96.0 cm³/mol. The maximum absolute atomic E-state index is 12.3. The van der Waals surface area contributed by atoms with E-state index in [0.717, 1.165) is 5.56 Å². The number of hydrogen-bond donors (Lipinski definition) is 1. The lowest BCUT2D eigenvalue weighted by atomic mass is 10.1. The van der Waals surface area contributed by atoms with Gasteiger partial charge in [0.25, 0.3) is 5.91 Å². The summed E-state index contributed by atoms with van der Waals surface area (Å²) in [6.07, 6.45) is 6.18. The zero-order chi connectivity index (χ0) is 17.8. The van der Waals surface area contributed by atoms with Crippen molar-refractivity contribution < 1.29 is 9.53 Å². The average molecular weight is 355 g/mol. The van der Waals surface area contributed by atoms with Crippen LogP contribution >= 0.6 is 11.6 Å². The number of nitrogens with zero attached hydrogens (tertiary/aromatic N) is 3. The zero-order valence-corrected chi connectivity index (χ0v) is 14.4. The van der Waals surface area contributed by atoms with Crippen molar-refractivity contribution in [1.82, 2.24) is 15.0 Å². The summed E-state index contributed by atoms with van der Waals surface area (Å²) in [4.78, 5) is 24.8. The van der Waals surface area contributed by atoms with E-state index < -0.39 is 0 Å². The molecule has 0 bridgehead atoms. The summed E-state index contributed by atoms with van der Waals surface area (Å²) in [6.45, 7) is 1.84. The Kier molecular flexibility index (Phi) is 4.90. The van der Waals surface area contributed by atoms with Crippen LogP contribution in [0.15, 0.2) is 49.1 Å². The fourth-order valence-electron chi connectivity index (χ4n) is 2.24. The molecule has 7 heteroatoms. The van der Waals surface area contributed by atoms with Gasteiger partial charge in [-0.1, -0.05) is 11.6 Å². The van der Waals surface area contributed by atoms with Crippen molar-refractivity contribution in [3.63, 3.8) is 0 Å². The molecule has 0 aliphatic carbocycles. The highest BCUT2D eigenvalue weighted by atomic mass is 35.5. The summed E-state index contributed by atoms with van der Waals surface area (Å²) in [5.41, 5.74) is 2.61. The molecule has 0 aliphatic rings. The first-order chi connectivity index (χ1) is 12.1. The molecule has 6 nitrogen and oxygen atoms in total. The molecular weight excluding hydrogens is 340 g/mol. The first-order valence-electron chi connectivity index (χ1n) is 7.46. The molecule has 1 N–H and O–H groups in total. The van der Waals surface area contributed by atoms with Gasteiger partial charge in [-0.25, -0.2) is 4.98 Å².